The van der Waals surface area contributed by atoms with Crippen LogP contribution >= 0.6 is 11.6 Å². The first-order valence-corrected chi connectivity index (χ1v) is 6.29. The fourth-order valence-electron chi connectivity index (χ4n) is 2.87. The number of halogens is 1. The highest BCUT2D eigenvalue weighted by Crippen LogP contribution is 2.37. The van der Waals surface area contributed by atoms with Gasteiger partial charge in [-0.1, -0.05) is 6.42 Å². The maximum atomic E-state index is 5.54. The lowest BCUT2D eigenvalue weighted by atomic mass is 10.0. The minimum atomic E-state index is 0.616. The predicted molar refractivity (Wildman–Crippen MR) is 58.8 cm³/mol. The molecule has 0 bridgehead atoms. The molecule has 2 nitrogen and oxygen atoms in total. The van der Waals surface area contributed by atoms with E-state index in [2.05, 4.69) is 4.90 Å². The van der Waals surface area contributed by atoms with Crippen LogP contribution in [0.5, 0.6) is 0 Å². The van der Waals surface area contributed by atoms with Gasteiger partial charge in [-0.2, -0.15) is 0 Å². The van der Waals surface area contributed by atoms with Gasteiger partial charge in [-0.25, -0.2) is 0 Å². The van der Waals surface area contributed by atoms with Crippen LogP contribution in [0.3, 0.4) is 0 Å². The van der Waals surface area contributed by atoms with Crippen LogP contribution in [0.15, 0.2) is 0 Å². The average Bonchev–Trinajstić information content (AvgIpc) is 2.72. The molecule has 2 rings (SSSR count). The van der Waals surface area contributed by atoms with E-state index in [-0.39, 0.29) is 0 Å². The summed E-state index contributed by atoms with van der Waals surface area (Å²) in [5.74, 6) is 2.62. The van der Waals surface area contributed by atoms with Crippen molar-refractivity contribution in [1.29, 1.82) is 0 Å². The molecule has 0 aromatic heterocycles. The number of nitrogens with zero attached hydrogens (tertiary/aromatic N) is 1. The quantitative estimate of drug-likeness (QED) is 0.516. The molecular formula is C11H20ClNO. The lowest BCUT2D eigenvalue weighted by Gasteiger charge is -2.16. The molecule has 2 atom stereocenters. The van der Waals surface area contributed by atoms with Gasteiger partial charge in [-0.15, -0.1) is 11.6 Å². The topological polar surface area (TPSA) is 12.5 Å². The molecule has 0 amide bonds. The van der Waals surface area contributed by atoms with Crippen molar-refractivity contribution in [2.24, 2.45) is 11.8 Å². The molecule has 1 aliphatic carbocycles. The van der Waals surface area contributed by atoms with Crippen molar-refractivity contribution in [1.82, 2.24) is 4.90 Å². The summed E-state index contributed by atoms with van der Waals surface area (Å²) in [5.41, 5.74) is 0. The number of hydrogen-bond donors (Lipinski definition) is 0. The molecule has 14 heavy (non-hydrogen) atoms. The standard InChI is InChI=1S/C11H20ClNO/c12-4-6-14-7-5-13-8-10-2-1-3-11(10)9-13/h10-11H,1-9H2. The maximum Gasteiger partial charge on any atom is 0.0602 e. The van der Waals surface area contributed by atoms with Crippen LogP contribution in [-0.4, -0.2) is 43.6 Å². The first-order chi connectivity index (χ1) is 6.90. The molecule has 1 saturated heterocycles. The minimum absolute atomic E-state index is 0.616. The number of alkyl halides is 1. The molecule has 0 N–H and O–H groups in total. The molecule has 3 heteroatoms. The van der Waals surface area contributed by atoms with Crippen LogP contribution in [0.2, 0.25) is 0 Å². The Morgan fingerprint density at radius 1 is 1.14 bits per heavy atom. The van der Waals surface area contributed by atoms with Crippen LogP contribution in [-0.2, 0) is 4.74 Å². The Morgan fingerprint density at radius 2 is 1.86 bits per heavy atom. The Kier molecular flexibility index (Phi) is 4.09. The van der Waals surface area contributed by atoms with Crippen molar-refractivity contribution in [2.45, 2.75) is 19.3 Å². The van der Waals surface area contributed by atoms with E-state index in [1.807, 2.05) is 0 Å². The number of ether oxygens (including phenoxy) is 1. The smallest absolute Gasteiger partial charge is 0.0602 e. The Hall–Kier alpha value is 0.210. The van der Waals surface area contributed by atoms with Gasteiger partial charge in [0.05, 0.1) is 13.2 Å². The van der Waals surface area contributed by atoms with Gasteiger partial charge in [0.2, 0.25) is 0 Å². The third kappa shape index (κ3) is 2.62. The predicted octanol–water partition coefficient (Wildman–Crippen LogP) is 1.97. The molecule has 0 aromatic carbocycles. The third-order valence-electron chi connectivity index (χ3n) is 3.58. The van der Waals surface area contributed by atoms with Crippen molar-refractivity contribution >= 4 is 11.6 Å². The minimum Gasteiger partial charge on any atom is -0.379 e. The molecule has 1 aliphatic heterocycles. The van der Waals surface area contributed by atoms with Gasteiger partial charge >= 0.3 is 0 Å². The summed E-state index contributed by atoms with van der Waals surface area (Å²) < 4.78 is 5.39. The Balaban J connectivity index is 1.60. The molecule has 0 radical (unpaired) electrons. The van der Waals surface area contributed by atoms with E-state index in [1.54, 1.807) is 0 Å². The monoisotopic (exact) mass is 217 g/mol. The zero-order valence-corrected chi connectivity index (χ0v) is 9.51. The third-order valence-corrected chi connectivity index (χ3v) is 3.73. The molecule has 1 heterocycles. The molecule has 82 valence electrons. The van der Waals surface area contributed by atoms with Crippen LogP contribution < -0.4 is 0 Å². The van der Waals surface area contributed by atoms with Gasteiger partial charge in [0, 0.05) is 25.5 Å². The summed E-state index contributed by atoms with van der Waals surface area (Å²) in [6.07, 6.45) is 4.39. The van der Waals surface area contributed by atoms with Crippen LogP contribution in [0.25, 0.3) is 0 Å². The van der Waals surface area contributed by atoms with Gasteiger partial charge in [-0.3, -0.25) is 0 Å². The molecule has 2 unspecified atom stereocenters. The first kappa shape index (κ1) is 10.7. The Morgan fingerprint density at radius 3 is 2.50 bits per heavy atom. The highest BCUT2D eigenvalue weighted by atomic mass is 35.5. The van der Waals surface area contributed by atoms with E-state index in [9.17, 15) is 0 Å². The van der Waals surface area contributed by atoms with Crippen molar-refractivity contribution in [3.8, 4) is 0 Å². The summed E-state index contributed by atoms with van der Waals surface area (Å²) >= 11 is 5.54. The van der Waals surface area contributed by atoms with E-state index >= 15 is 0 Å². The van der Waals surface area contributed by atoms with Crippen LogP contribution in [0.4, 0.5) is 0 Å². The Bertz CT molecular complexity index is 165. The van der Waals surface area contributed by atoms with Crippen LogP contribution in [0, 0.1) is 11.8 Å². The SMILES string of the molecule is ClCCOCCN1CC2CCCC2C1. The van der Waals surface area contributed by atoms with Crippen molar-refractivity contribution in [3.05, 3.63) is 0 Å². The lowest BCUT2D eigenvalue weighted by molar-refractivity contribution is 0.120. The van der Waals surface area contributed by atoms with Gasteiger partial charge in [0.25, 0.3) is 0 Å². The van der Waals surface area contributed by atoms with E-state index in [0.29, 0.717) is 12.5 Å². The van der Waals surface area contributed by atoms with E-state index in [1.165, 1.54) is 32.4 Å². The fourth-order valence-corrected chi connectivity index (χ4v) is 2.97. The average molecular weight is 218 g/mol. The van der Waals surface area contributed by atoms with Crippen LogP contribution in [0.1, 0.15) is 19.3 Å². The largest absolute Gasteiger partial charge is 0.379 e. The second kappa shape index (κ2) is 5.34. The molecule has 2 fully saturated rings. The molecule has 0 aromatic rings. The van der Waals surface area contributed by atoms with Gasteiger partial charge < -0.3 is 9.64 Å². The molecular weight excluding hydrogens is 198 g/mol. The molecule has 0 spiro atoms. The number of rotatable bonds is 5. The fraction of sp³-hybridized carbons (Fsp3) is 1.00. The summed E-state index contributed by atoms with van der Waals surface area (Å²) in [5, 5.41) is 0. The Labute approximate surface area is 91.6 Å². The summed E-state index contributed by atoms with van der Waals surface area (Å²) in [7, 11) is 0. The zero-order chi connectivity index (χ0) is 9.80. The first-order valence-electron chi connectivity index (χ1n) is 5.76. The van der Waals surface area contributed by atoms with E-state index in [4.69, 9.17) is 16.3 Å². The van der Waals surface area contributed by atoms with Gasteiger partial charge in [-0.05, 0) is 24.7 Å². The number of fused-ring (bicyclic) bond motifs is 1. The van der Waals surface area contributed by atoms with Crippen molar-refractivity contribution in [2.75, 3.05) is 38.7 Å². The number of likely N-dealkylation sites (tertiary alicyclic amines) is 1. The van der Waals surface area contributed by atoms with E-state index in [0.717, 1.165) is 25.0 Å². The van der Waals surface area contributed by atoms with Crippen molar-refractivity contribution < 1.29 is 4.74 Å². The van der Waals surface area contributed by atoms with Gasteiger partial charge in [0.1, 0.15) is 0 Å². The highest BCUT2D eigenvalue weighted by molar-refractivity contribution is 6.17. The highest BCUT2D eigenvalue weighted by Gasteiger charge is 2.35. The number of hydrogen-bond acceptors (Lipinski definition) is 2. The summed E-state index contributed by atoms with van der Waals surface area (Å²) in [6.45, 7) is 5.28. The maximum absolute atomic E-state index is 5.54. The molecule has 1 saturated carbocycles. The second-order valence-corrected chi connectivity index (χ2v) is 4.89. The normalized spacial score (nSPS) is 32.4. The summed E-state index contributed by atoms with van der Waals surface area (Å²) in [6, 6.07) is 0. The lowest BCUT2D eigenvalue weighted by Crippen LogP contribution is -2.26. The second-order valence-electron chi connectivity index (χ2n) is 4.51. The van der Waals surface area contributed by atoms with Gasteiger partial charge in [0.15, 0.2) is 0 Å². The van der Waals surface area contributed by atoms with E-state index < -0.39 is 0 Å². The zero-order valence-electron chi connectivity index (χ0n) is 8.75. The van der Waals surface area contributed by atoms with Crippen molar-refractivity contribution in [3.63, 3.8) is 0 Å². The summed E-state index contributed by atoms with van der Waals surface area (Å²) in [4.78, 5) is 2.56. The molecule has 2 aliphatic rings.